The van der Waals surface area contributed by atoms with Crippen LogP contribution < -0.4 is 9.50 Å². The average Bonchev–Trinajstić information content (AvgIpc) is 2.47. The van der Waals surface area contributed by atoms with Crippen LogP contribution in [0.25, 0.3) is 0 Å². The van der Waals surface area contributed by atoms with Crippen LogP contribution in [-0.4, -0.2) is 14.3 Å². The van der Waals surface area contributed by atoms with Crippen molar-refractivity contribution in [2.75, 3.05) is 5.32 Å². The van der Waals surface area contributed by atoms with E-state index in [0.717, 1.165) is 5.56 Å². The van der Waals surface area contributed by atoms with E-state index in [2.05, 4.69) is 5.32 Å². The van der Waals surface area contributed by atoms with Crippen molar-refractivity contribution in [1.82, 2.24) is 0 Å². The summed E-state index contributed by atoms with van der Waals surface area (Å²) in [6, 6.07) is 10.8. The third-order valence-corrected chi connectivity index (χ3v) is 5.03. The molecule has 0 saturated carbocycles. The first-order valence-electron chi connectivity index (χ1n) is 6.57. The SMILES string of the molecule is O=C1CCc2cc(OS(=O)(=O)c3ccccc3Cl)ccc2N1. The molecule has 1 aliphatic heterocycles. The first-order chi connectivity index (χ1) is 10.5. The molecule has 0 aliphatic carbocycles. The highest BCUT2D eigenvalue weighted by Crippen LogP contribution is 2.29. The van der Waals surface area contributed by atoms with Crippen molar-refractivity contribution in [3.63, 3.8) is 0 Å². The number of aryl methyl sites for hydroxylation is 1. The molecule has 0 spiro atoms. The van der Waals surface area contributed by atoms with E-state index in [9.17, 15) is 13.2 Å². The maximum absolute atomic E-state index is 12.3. The van der Waals surface area contributed by atoms with Crippen LogP contribution in [0.4, 0.5) is 5.69 Å². The van der Waals surface area contributed by atoms with Gasteiger partial charge in [-0.2, -0.15) is 8.42 Å². The Morgan fingerprint density at radius 1 is 1.09 bits per heavy atom. The molecule has 3 rings (SSSR count). The van der Waals surface area contributed by atoms with Crippen molar-refractivity contribution in [1.29, 1.82) is 0 Å². The van der Waals surface area contributed by atoms with Crippen molar-refractivity contribution in [3.05, 3.63) is 53.1 Å². The second kappa shape index (κ2) is 5.62. The lowest BCUT2D eigenvalue weighted by atomic mass is 10.0. The van der Waals surface area contributed by atoms with Crippen LogP contribution in [-0.2, 0) is 21.3 Å². The predicted molar refractivity (Wildman–Crippen MR) is 82.7 cm³/mol. The molecule has 1 aliphatic rings. The Balaban J connectivity index is 1.90. The van der Waals surface area contributed by atoms with Crippen LogP contribution >= 0.6 is 11.6 Å². The molecular weight excluding hydrogens is 326 g/mol. The maximum Gasteiger partial charge on any atom is 0.340 e. The van der Waals surface area contributed by atoms with Crippen LogP contribution in [0.1, 0.15) is 12.0 Å². The Labute approximate surface area is 133 Å². The fourth-order valence-electron chi connectivity index (χ4n) is 2.23. The number of halogens is 1. The number of amides is 1. The van der Waals surface area contributed by atoms with Gasteiger partial charge in [0.25, 0.3) is 0 Å². The van der Waals surface area contributed by atoms with Gasteiger partial charge in [0.15, 0.2) is 0 Å². The van der Waals surface area contributed by atoms with Gasteiger partial charge in [-0.1, -0.05) is 23.7 Å². The van der Waals surface area contributed by atoms with Gasteiger partial charge < -0.3 is 9.50 Å². The van der Waals surface area contributed by atoms with Gasteiger partial charge in [0.2, 0.25) is 5.91 Å². The van der Waals surface area contributed by atoms with Crippen LogP contribution in [0.5, 0.6) is 5.75 Å². The van der Waals surface area contributed by atoms with E-state index in [1.807, 2.05) is 0 Å². The van der Waals surface area contributed by atoms with E-state index in [1.54, 1.807) is 24.3 Å². The Morgan fingerprint density at radius 2 is 1.86 bits per heavy atom. The summed E-state index contributed by atoms with van der Waals surface area (Å²) in [5.74, 6) is 0.139. The normalized spacial score (nSPS) is 14.1. The second-order valence-corrected chi connectivity index (χ2v) is 6.76. The van der Waals surface area contributed by atoms with Crippen LogP contribution in [0.3, 0.4) is 0 Å². The highest BCUT2D eigenvalue weighted by atomic mass is 35.5. The third-order valence-electron chi connectivity index (χ3n) is 3.28. The number of hydrogen-bond donors (Lipinski definition) is 1. The van der Waals surface area contributed by atoms with Crippen molar-refractivity contribution in [3.8, 4) is 5.75 Å². The summed E-state index contributed by atoms with van der Waals surface area (Å²) in [5, 5.41) is 2.83. The number of rotatable bonds is 3. The summed E-state index contributed by atoms with van der Waals surface area (Å²) in [6.45, 7) is 0. The summed E-state index contributed by atoms with van der Waals surface area (Å²) < 4.78 is 29.7. The molecule has 5 nitrogen and oxygen atoms in total. The number of fused-ring (bicyclic) bond motifs is 1. The number of anilines is 1. The van der Waals surface area contributed by atoms with Crippen LogP contribution in [0.2, 0.25) is 5.02 Å². The monoisotopic (exact) mass is 337 g/mol. The van der Waals surface area contributed by atoms with Crippen LogP contribution in [0.15, 0.2) is 47.4 Å². The average molecular weight is 338 g/mol. The first kappa shape index (κ1) is 14.9. The fraction of sp³-hybridized carbons (Fsp3) is 0.133. The molecule has 2 aromatic carbocycles. The Morgan fingerprint density at radius 3 is 2.64 bits per heavy atom. The van der Waals surface area contributed by atoms with Crippen molar-refractivity contribution in [2.24, 2.45) is 0 Å². The summed E-state index contributed by atoms with van der Waals surface area (Å²) >= 11 is 5.90. The highest BCUT2D eigenvalue weighted by molar-refractivity contribution is 7.87. The lowest BCUT2D eigenvalue weighted by Crippen LogP contribution is -2.19. The molecule has 0 saturated heterocycles. The molecule has 114 valence electrons. The van der Waals surface area contributed by atoms with Gasteiger partial charge in [0, 0.05) is 12.1 Å². The number of carbonyl (C=O) groups is 1. The molecule has 1 heterocycles. The summed E-state index contributed by atoms with van der Waals surface area (Å²) in [5.41, 5.74) is 1.52. The summed E-state index contributed by atoms with van der Waals surface area (Å²) in [4.78, 5) is 11.2. The fourth-order valence-corrected chi connectivity index (χ4v) is 3.65. The standard InChI is InChI=1S/C15H12ClNO4S/c16-12-3-1-2-4-14(12)22(19,20)21-11-6-7-13-10(9-11)5-8-15(18)17-13/h1-4,6-7,9H,5,8H2,(H,17,18). The topological polar surface area (TPSA) is 72.5 Å². The van der Waals surface area contributed by atoms with E-state index >= 15 is 0 Å². The molecule has 0 unspecified atom stereocenters. The molecule has 0 fully saturated rings. The van der Waals surface area contributed by atoms with E-state index in [4.69, 9.17) is 15.8 Å². The molecule has 2 aromatic rings. The number of benzene rings is 2. The minimum Gasteiger partial charge on any atom is -0.379 e. The van der Waals surface area contributed by atoms with Crippen LogP contribution in [0, 0.1) is 0 Å². The van der Waals surface area contributed by atoms with Gasteiger partial charge >= 0.3 is 10.1 Å². The number of carbonyl (C=O) groups excluding carboxylic acids is 1. The largest absolute Gasteiger partial charge is 0.379 e. The molecule has 0 aromatic heterocycles. The molecule has 22 heavy (non-hydrogen) atoms. The predicted octanol–water partition coefficient (Wildman–Crippen LogP) is 2.99. The van der Waals surface area contributed by atoms with E-state index in [1.165, 1.54) is 18.2 Å². The van der Waals surface area contributed by atoms with Gasteiger partial charge in [0.1, 0.15) is 10.6 Å². The minimum absolute atomic E-state index is 0.0511. The van der Waals surface area contributed by atoms with Gasteiger partial charge in [-0.25, -0.2) is 0 Å². The van der Waals surface area contributed by atoms with Crippen molar-refractivity contribution >= 4 is 33.3 Å². The lowest BCUT2D eigenvalue weighted by molar-refractivity contribution is -0.116. The van der Waals surface area contributed by atoms with Gasteiger partial charge in [-0.15, -0.1) is 0 Å². The molecule has 0 bridgehead atoms. The Bertz CT molecular complexity index is 848. The zero-order valence-corrected chi connectivity index (χ0v) is 12.9. The highest BCUT2D eigenvalue weighted by Gasteiger charge is 2.21. The molecule has 0 radical (unpaired) electrons. The van der Waals surface area contributed by atoms with E-state index in [-0.39, 0.29) is 21.6 Å². The van der Waals surface area contributed by atoms with Gasteiger partial charge in [0.05, 0.1) is 5.02 Å². The van der Waals surface area contributed by atoms with E-state index < -0.39 is 10.1 Å². The van der Waals surface area contributed by atoms with E-state index in [0.29, 0.717) is 18.5 Å². The Kier molecular flexibility index (Phi) is 3.80. The van der Waals surface area contributed by atoms with Gasteiger partial charge in [-0.05, 0) is 42.3 Å². The minimum atomic E-state index is -4.00. The number of hydrogen-bond acceptors (Lipinski definition) is 4. The molecular formula is C15H12ClNO4S. The maximum atomic E-state index is 12.3. The molecule has 1 N–H and O–H groups in total. The first-order valence-corrected chi connectivity index (χ1v) is 8.36. The zero-order chi connectivity index (χ0) is 15.7. The third kappa shape index (κ3) is 2.93. The number of nitrogens with one attached hydrogen (secondary N) is 1. The molecule has 0 atom stereocenters. The van der Waals surface area contributed by atoms with Gasteiger partial charge in [-0.3, -0.25) is 4.79 Å². The molecule has 1 amide bonds. The Hall–Kier alpha value is -2.05. The quantitative estimate of drug-likeness (QED) is 0.874. The zero-order valence-electron chi connectivity index (χ0n) is 11.4. The van der Waals surface area contributed by atoms with Crippen molar-refractivity contribution in [2.45, 2.75) is 17.7 Å². The summed E-state index contributed by atoms with van der Waals surface area (Å²) in [7, 11) is -4.00. The lowest BCUT2D eigenvalue weighted by Gasteiger charge is -2.17. The smallest absolute Gasteiger partial charge is 0.340 e. The summed E-state index contributed by atoms with van der Waals surface area (Å²) in [6.07, 6.45) is 0.915. The van der Waals surface area contributed by atoms with Crippen molar-refractivity contribution < 1.29 is 17.4 Å². The molecule has 7 heteroatoms. The second-order valence-electron chi connectivity index (χ2n) is 4.84.